The molecule has 108 valence electrons. The van der Waals surface area contributed by atoms with E-state index in [1.807, 2.05) is 27.7 Å². The molecule has 1 aromatic carbocycles. The van der Waals surface area contributed by atoms with Crippen molar-refractivity contribution >= 4 is 27.3 Å². The number of rotatable bonds is 5. The third-order valence-electron chi connectivity index (χ3n) is 2.66. The first-order valence-corrected chi connectivity index (χ1v) is 8.05. The Balaban J connectivity index is 3.27. The number of nitrogen functional groups attached to an aromatic ring is 1. The van der Waals surface area contributed by atoms with Gasteiger partial charge in [-0.1, -0.05) is 25.4 Å². The van der Waals surface area contributed by atoms with E-state index in [1.54, 1.807) is 6.07 Å². The zero-order valence-corrected chi connectivity index (χ0v) is 13.3. The first kappa shape index (κ1) is 16.3. The summed E-state index contributed by atoms with van der Waals surface area (Å²) in [5.41, 5.74) is 6.04. The molecular formula is C13H21ClN2O2S. The van der Waals surface area contributed by atoms with E-state index in [9.17, 15) is 8.42 Å². The topological polar surface area (TPSA) is 63.4 Å². The van der Waals surface area contributed by atoms with Crippen molar-refractivity contribution in [1.82, 2.24) is 4.31 Å². The minimum Gasteiger partial charge on any atom is -0.399 e. The third-order valence-corrected chi connectivity index (χ3v) is 5.19. The Morgan fingerprint density at radius 1 is 1.26 bits per heavy atom. The molecule has 6 heteroatoms. The Hall–Kier alpha value is -0.780. The van der Waals surface area contributed by atoms with E-state index < -0.39 is 10.0 Å². The normalized spacial score (nSPS) is 12.6. The monoisotopic (exact) mass is 304 g/mol. The van der Waals surface area contributed by atoms with E-state index >= 15 is 0 Å². The number of nitrogens with zero attached hydrogens (tertiary/aromatic N) is 1. The van der Waals surface area contributed by atoms with Crippen LogP contribution in [-0.4, -0.2) is 25.3 Å². The molecule has 0 atom stereocenters. The lowest BCUT2D eigenvalue weighted by atomic mass is 10.2. The molecule has 0 aliphatic heterocycles. The summed E-state index contributed by atoms with van der Waals surface area (Å²) in [4.78, 5) is 0.109. The van der Waals surface area contributed by atoms with Crippen molar-refractivity contribution in [3.63, 3.8) is 0 Å². The molecule has 0 aromatic heterocycles. The van der Waals surface area contributed by atoms with E-state index in [4.69, 9.17) is 17.3 Å². The van der Waals surface area contributed by atoms with Gasteiger partial charge in [0.05, 0.1) is 5.02 Å². The maximum atomic E-state index is 12.6. The maximum absolute atomic E-state index is 12.6. The summed E-state index contributed by atoms with van der Waals surface area (Å²) in [6, 6.07) is 4.35. The van der Waals surface area contributed by atoms with Gasteiger partial charge in [0, 0.05) is 18.3 Å². The Labute approximate surface area is 120 Å². The molecule has 0 heterocycles. The van der Waals surface area contributed by atoms with Crippen LogP contribution in [0.2, 0.25) is 5.02 Å². The van der Waals surface area contributed by atoms with Gasteiger partial charge in [0.15, 0.2) is 0 Å². The molecule has 0 amide bonds. The van der Waals surface area contributed by atoms with Crippen LogP contribution in [0.3, 0.4) is 0 Å². The second-order valence-corrected chi connectivity index (χ2v) is 7.52. The number of sulfonamides is 1. The van der Waals surface area contributed by atoms with Crippen LogP contribution in [0.1, 0.15) is 27.7 Å². The summed E-state index contributed by atoms with van der Waals surface area (Å²) in [6.45, 7) is 8.13. The number of anilines is 1. The lowest BCUT2D eigenvalue weighted by molar-refractivity contribution is 0.319. The van der Waals surface area contributed by atoms with Gasteiger partial charge in [0.25, 0.3) is 0 Å². The third kappa shape index (κ3) is 3.84. The van der Waals surface area contributed by atoms with E-state index in [1.165, 1.54) is 16.4 Å². The standard InChI is InChI=1S/C13H21ClN2O2S/c1-9(2)8-16(10(3)4)19(17,18)13-6-5-11(15)7-12(13)14/h5-7,9-10H,8,15H2,1-4H3. The van der Waals surface area contributed by atoms with Crippen molar-refractivity contribution in [3.8, 4) is 0 Å². The molecule has 0 radical (unpaired) electrons. The van der Waals surface area contributed by atoms with Crippen LogP contribution in [0.5, 0.6) is 0 Å². The Kier molecular flexibility index (Phi) is 5.24. The number of halogens is 1. The molecule has 0 bridgehead atoms. The van der Waals surface area contributed by atoms with Gasteiger partial charge < -0.3 is 5.73 Å². The highest BCUT2D eigenvalue weighted by Crippen LogP contribution is 2.28. The fraction of sp³-hybridized carbons (Fsp3) is 0.538. The van der Waals surface area contributed by atoms with Crippen molar-refractivity contribution in [2.24, 2.45) is 5.92 Å². The molecule has 0 fully saturated rings. The lowest BCUT2D eigenvalue weighted by Gasteiger charge is -2.28. The van der Waals surface area contributed by atoms with Crippen LogP contribution in [-0.2, 0) is 10.0 Å². The molecule has 0 aliphatic rings. The van der Waals surface area contributed by atoms with Crippen molar-refractivity contribution in [1.29, 1.82) is 0 Å². The average molecular weight is 305 g/mol. The highest BCUT2D eigenvalue weighted by molar-refractivity contribution is 7.89. The van der Waals surface area contributed by atoms with Crippen molar-refractivity contribution in [3.05, 3.63) is 23.2 Å². The Morgan fingerprint density at radius 3 is 2.26 bits per heavy atom. The van der Waals surface area contributed by atoms with E-state index in [0.717, 1.165) is 0 Å². The zero-order valence-electron chi connectivity index (χ0n) is 11.7. The largest absolute Gasteiger partial charge is 0.399 e. The van der Waals surface area contributed by atoms with E-state index in [0.29, 0.717) is 12.2 Å². The summed E-state index contributed by atoms with van der Waals surface area (Å²) in [5.74, 6) is 0.240. The summed E-state index contributed by atoms with van der Waals surface area (Å²) in [6.07, 6.45) is 0. The van der Waals surface area contributed by atoms with Crippen molar-refractivity contribution in [2.75, 3.05) is 12.3 Å². The molecule has 0 saturated carbocycles. The molecule has 1 aromatic rings. The lowest BCUT2D eigenvalue weighted by Crippen LogP contribution is -2.39. The number of nitrogens with two attached hydrogens (primary N) is 1. The van der Waals surface area contributed by atoms with Gasteiger partial charge in [-0.15, -0.1) is 0 Å². The molecule has 0 aliphatic carbocycles. The quantitative estimate of drug-likeness (QED) is 0.851. The number of hydrogen-bond donors (Lipinski definition) is 1. The molecular weight excluding hydrogens is 284 g/mol. The van der Waals surface area contributed by atoms with Gasteiger partial charge in [-0.3, -0.25) is 0 Å². The van der Waals surface area contributed by atoms with Crippen LogP contribution in [0.4, 0.5) is 5.69 Å². The van der Waals surface area contributed by atoms with Crippen LogP contribution < -0.4 is 5.73 Å². The zero-order chi connectivity index (χ0) is 14.8. The maximum Gasteiger partial charge on any atom is 0.244 e. The van der Waals surface area contributed by atoms with E-state index in [2.05, 4.69) is 0 Å². The van der Waals surface area contributed by atoms with Gasteiger partial charge in [0.1, 0.15) is 4.90 Å². The Morgan fingerprint density at radius 2 is 1.84 bits per heavy atom. The van der Waals surface area contributed by atoms with Crippen LogP contribution in [0, 0.1) is 5.92 Å². The van der Waals surface area contributed by atoms with Gasteiger partial charge in [0.2, 0.25) is 10.0 Å². The molecule has 2 N–H and O–H groups in total. The predicted molar refractivity (Wildman–Crippen MR) is 79.7 cm³/mol. The summed E-state index contributed by atoms with van der Waals surface area (Å²) in [5, 5.41) is 0.161. The SMILES string of the molecule is CC(C)CN(C(C)C)S(=O)(=O)c1ccc(N)cc1Cl. The first-order valence-electron chi connectivity index (χ1n) is 6.23. The summed E-state index contributed by atoms with van der Waals surface area (Å²) >= 11 is 6.01. The molecule has 4 nitrogen and oxygen atoms in total. The summed E-state index contributed by atoms with van der Waals surface area (Å²) in [7, 11) is -3.60. The minimum atomic E-state index is -3.60. The second-order valence-electron chi connectivity index (χ2n) is 5.25. The molecule has 0 spiro atoms. The van der Waals surface area contributed by atoms with Crippen molar-refractivity contribution in [2.45, 2.75) is 38.6 Å². The number of hydrogen-bond acceptors (Lipinski definition) is 3. The molecule has 19 heavy (non-hydrogen) atoms. The first-order chi connectivity index (χ1) is 8.66. The van der Waals surface area contributed by atoms with Gasteiger partial charge >= 0.3 is 0 Å². The molecule has 0 saturated heterocycles. The molecule has 1 rings (SSSR count). The predicted octanol–water partition coefficient (Wildman–Crippen LogP) is 2.98. The fourth-order valence-corrected chi connectivity index (χ4v) is 4.13. The van der Waals surface area contributed by atoms with E-state index in [-0.39, 0.29) is 21.9 Å². The Bertz CT molecular complexity index is 542. The minimum absolute atomic E-state index is 0.109. The van der Waals surface area contributed by atoms with Crippen LogP contribution in [0.15, 0.2) is 23.1 Å². The highest BCUT2D eigenvalue weighted by atomic mass is 35.5. The number of benzene rings is 1. The van der Waals surface area contributed by atoms with Gasteiger partial charge in [-0.25, -0.2) is 8.42 Å². The average Bonchev–Trinajstić information content (AvgIpc) is 2.24. The van der Waals surface area contributed by atoms with Gasteiger partial charge in [-0.2, -0.15) is 4.31 Å². The van der Waals surface area contributed by atoms with Crippen LogP contribution in [0.25, 0.3) is 0 Å². The smallest absolute Gasteiger partial charge is 0.244 e. The van der Waals surface area contributed by atoms with Gasteiger partial charge in [-0.05, 0) is 38.0 Å². The summed E-state index contributed by atoms with van der Waals surface area (Å²) < 4.78 is 26.8. The highest BCUT2D eigenvalue weighted by Gasteiger charge is 2.29. The fourth-order valence-electron chi connectivity index (χ4n) is 1.80. The second kappa shape index (κ2) is 6.11. The van der Waals surface area contributed by atoms with Crippen molar-refractivity contribution < 1.29 is 8.42 Å². The molecule has 0 unspecified atom stereocenters. The van der Waals surface area contributed by atoms with Crippen LogP contribution >= 0.6 is 11.6 Å².